The molecule has 0 aliphatic heterocycles. The summed E-state index contributed by atoms with van der Waals surface area (Å²) in [7, 11) is 0. The van der Waals surface area contributed by atoms with Crippen LogP contribution in [-0.2, 0) is 0 Å². The Morgan fingerprint density at radius 1 is 1.73 bits per heavy atom. The third kappa shape index (κ3) is 2.24. The molecule has 0 saturated heterocycles. The van der Waals surface area contributed by atoms with E-state index in [-0.39, 0.29) is 5.25 Å². The molecule has 1 atom stereocenters. The molecule has 0 bridgehead atoms. The first-order valence-electron chi connectivity index (χ1n) is 3.29. The fourth-order valence-corrected chi connectivity index (χ4v) is 1.20. The summed E-state index contributed by atoms with van der Waals surface area (Å²) < 4.78 is 0. The highest BCUT2D eigenvalue weighted by Gasteiger charge is 2.03. The number of aromatic nitrogens is 1. The largest absolute Gasteiger partial charge is 0.264 e. The summed E-state index contributed by atoms with van der Waals surface area (Å²) in [4.78, 5) is 3.97. The minimum atomic E-state index is 0.216. The lowest BCUT2D eigenvalue weighted by molar-refractivity contribution is 1.08. The molecule has 1 aromatic rings. The van der Waals surface area contributed by atoms with Gasteiger partial charge in [0.1, 0.15) is 5.40 Å². The first-order valence-corrected chi connectivity index (χ1v) is 4.17. The Morgan fingerprint density at radius 2 is 2.55 bits per heavy atom. The molecule has 2 nitrogen and oxygen atoms in total. The highest BCUT2D eigenvalue weighted by molar-refractivity contribution is 8.03. The monoisotopic (exact) mass is 164 g/mol. The van der Waals surface area contributed by atoms with E-state index in [2.05, 4.69) is 10.4 Å². The summed E-state index contributed by atoms with van der Waals surface area (Å²) in [5, 5.41) is 10.7. The number of nitriles is 1. The van der Waals surface area contributed by atoms with Gasteiger partial charge in [-0.2, -0.15) is 5.26 Å². The average molecular weight is 164 g/mol. The number of hydrogen-bond acceptors (Lipinski definition) is 3. The lowest BCUT2D eigenvalue weighted by atomic mass is 10.2. The van der Waals surface area contributed by atoms with Gasteiger partial charge in [0.15, 0.2) is 0 Å². The first-order chi connectivity index (χ1) is 5.34. The summed E-state index contributed by atoms with van der Waals surface area (Å²) in [6.07, 6.45) is 3.52. The van der Waals surface area contributed by atoms with Crippen LogP contribution in [0.4, 0.5) is 0 Å². The minimum absolute atomic E-state index is 0.216. The number of rotatable bonds is 2. The van der Waals surface area contributed by atoms with Crippen LogP contribution in [0.15, 0.2) is 24.5 Å². The van der Waals surface area contributed by atoms with Crippen molar-refractivity contribution < 1.29 is 0 Å². The number of thiocyanates is 1. The molecule has 1 heterocycles. The van der Waals surface area contributed by atoms with Crippen molar-refractivity contribution in [2.24, 2.45) is 0 Å². The van der Waals surface area contributed by atoms with Gasteiger partial charge in [0, 0.05) is 17.6 Å². The van der Waals surface area contributed by atoms with Gasteiger partial charge >= 0.3 is 0 Å². The predicted molar refractivity (Wildman–Crippen MR) is 45.9 cm³/mol. The lowest BCUT2D eigenvalue weighted by Gasteiger charge is -2.03. The van der Waals surface area contributed by atoms with Gasteiger partial charge < -0.3 is 0 Å². The minimum Gasteiger partial charge on any atom is -0.264 e. The molecular formula is C8H8N2S. The quantitative estimate of drug-likeness (QED) is 0.629. The molecule has 11 heavy (non-hydrogen) atoms. The Morgan fingerprint density at radius 3 is 3.09 bits per heavy atom. The summed E-state index contributed by atoms with van der Waals surface area (Å²) in [6.45, 7) is 1.99. The van der Waals surface area contributed by atoms with Crippen molar-refractivity contribution in [2.75, 3.05) is 0 Å². The molecule has 0 N–H and O–H groups in total. The molecule has 1 rings (SSSR count). The lowest BCUT2D eigenvalue weighted by Crippen LogP contribution is -1.86. The zero-order valence-corrected chi connectivity index (χ0v) is 7.01. The van der Waals surface area contributed by atoms with Crippen LogP contribution in [0.1, 0.15) is 17.7 Å². The maximum Gasteiger partial charge on any atom is 0.133 e. The van der Waals surface area contributed by atoms with Crippen molar-refractivity contribution in [1.82, 2.24) is 4.98 Å². The van der Waals surface area contributed by atoms with Crippen molar-refractivity contribution in [3.63, 3.8) is 0 Å². The predicted octanol–water partition coefficient (Wildman–Crippen LogP) is 2.36. The molecular weight excluding hydrogens is 156 g/mol. The third-order valence-electron chi connectivity index (χ3n) is 1.38. The summed E-state index contributed by atoms with van der Waals surface area (Å²) in [5.41, 5.74) is 1.10. The van der Waals surface area contributed by atoms with Crippen molar-refractivity contribution in [2.45, 2.75) is 12.2 Å². The van der Waals surface area contributed by atoms with E-state index in [9.17, 15) is 0 Å². The highest BCUT2D eigenvalue weighted by atomic mass is 32.2. The van der Waals surface area contributed by atoms with Gasteiger partial charge in [-0.1, -0.05) is 6.07 Å². The molecule has 0 saturated carbocycles. The molecule has 56 valence electrons. The van der Waals surface area contributed by atoms with E-state index < -0.39 is 0 Å². The van der Waals surface area contributed by atoms with Crippen molar-refractivity contribution in [3.8, 4) is 5.40 Å². The summed E-state index contributed by atoms with van der Waals surface area (Å²) in [5.74, 6) is 0. The smallest absolute Gasteiger partial charge is 0.133 e. The molecule has 3 heteroatoms. The number of nitrogens with zero attached hydrogens (tertiary/aromatic N) is 2. The maximum atomic E-state index is 8.39. The second kappa shape index (κ2) is 3.99. The van der Waals surface area contributed by atoms with Crippen LogP contribution in [0.3, 0.4) is 0 Å². The van der Waals surface area contributed by atoms with Crippen LogP contribution < -0.4 is 0 Å². The Bertz CT molecular complexity index is 253. The Balaban J connectivity index is 2.70. The van der Waals surface area contributed by atoms with Gasteiger partial charge in [0.25, 0.3) is 0 Å². The van der Waals surface area contributed by atoms with Crippen LogP contribution in [0.5, 0.6) is 0 Å². The molecule has 0 aromatic carbocycles. The Labute approximate surface area is 70.3 Å². The second-order valence-electron chi connectivity index (χ2n) is 2.14. The van der Waals surface area contributed by atoms with Gasteiger partial charge in [-0.15, -0.1) is 0 Å². The third-order valence-corrected chi connectivity index (χ3v) is 2.11. The standard InChI is InChI=1S/C8H8N2S/c1-7(11-6-9)8-3-2-4-10-5-8/h2-5,7H,1H3. The zero-order chi connectivity index (χ0) is 8.10. The van der Waals surface area contributed by atoms with Crippen molar-refractivity contribution in [3.05, 3.63) is 30.1 Å². The summed E-state index contributed by atoms with van der Waals surface area (Å²) >= 11 is 1.25. The Kier molecular flexibility index (Phi) is 2.94. The SMILES string of the molecule is CC(SC#N)c1cccnc1. The molecule has 0 radical (unpaired) electrons. The van der Waals surface area contributed by atoms with Crippen LogP contribution in [0, 0.1) is 10.7 Å². The van der Waals surface area contributed by atoms with Gasteiger partial charge in [-0.05, 0) is 30.3 Å². The zero-order valence-electron chi connectivity index (χ0n) is 6.19. The average Bonchev–Trinajstić information content (AvgIpc) is 2.07. The van der Waals surface area contributed by atoms with Crippen LogP contribution in [-0.4, -0.2) is 4.98 Å². The fraction of sp³-hybridized carbons (Fsp3) is 0.250. The topological polar surface area (TPSA) is 36.7 Å². The molecule has 0 aliphatic carbocycles. The van der Waals surface area contributed by atoms with E-state index in [1.807, 2.05) is 19.1 Å². The van der Waals surface area contributed by atoms with E-state index in [0.29, 0.717) is 0 Å². The summed E-state index contributed by atoms with van der Waals surface area (Å²) in [6, 6.07) is 3.85. The van der Waals surface area contributed by atoms with E-state index in [1.165, 1.54) is 11.8 Å². The van der Waals surface area contributed by atoms with Crippen molar-refractivity contribution in [1.29, 1.82) is 5.26 Å². The Hall–Kier alpha value is -1.01. The van der Waals surface area contributed by atoms with Crippen LogP contribution in [0.2, 0.25) is 0 Å². The maximum absolute atomic E-state index is 8.39. The van der Waals surface area contributed by atoms with E-state index in [1.54, 1.807) is 12.4 Å². The van der Waals surface area contributed by atoms with Gasteiger partial charge in [-0.25, -0.2) is 0 Å². The molecule has 0 spiro atoms. The first kappa shape index (κ1) is 8.09. The van der Waals surface area contributed by atoms with Crippen LogP contribution in [0.25, 0.3) is 0 Å². The van der Waals surface area contributed by atoms with E-state index in [4.69, 9.17) is 5.26 Å². The normalized spacial score (nSPS) is 12.0. The highest BCUT2D eigenvalue weighted by Crippen LogP contribution is 2.25. The molecule has 0 fully saturated rings. The van der Waals surface area contributed by atoms with Crippen LogP contribution >= 0.6 is 11.8 Å². The van der Waals surface area contributed by atoms with E-state index >= 15 is 0 Å². The van der Waals surface area contributed by atoms with Gasteiger partial charge in [0.05, 0.1) is 0 Å². The second-order valence-corrected chi connectivity index (χ2v) is 3.26. The number of pyridine rings is 1. The van der Waals surface area contributed by atoms with Crippen molar-refractivity contribution >= 4 is 11.8 Å². The number of thioether (sulfide) groups is 1. The number of hydrogen-bond donors (Lipinski definition) is 0. The molecule has 0 aliphatic rings. The molecule has 0 amide bonds. The molecule has 1 unspecified atom stereocenters. The molecule has 1 aromatic heterocycles. The fourth-order valence-electron chi connectivity index (χ4n) is 0.764. The van der Waals surface area contributed by atoms with Gasteiger partial charge in [-0.3, -0.25) is 4.98 Å². The van der Waals surface area contributed by atoms with E-state index in [0.717, 1.165) is 5.56 Å². The van der Waals surface area contributed by atoms with Gasteiger partial charge in [0.2, 0.25) is 0 Å².